The normalized spacial score (nSPS) is 10.6. The van der Waals surface area contributed by atoms with E-state index in [0.717, 1.165) is 23.3 Å². The molecule has 0 radical (unpaired) electrons. The van der Waals surface area contributed by atoms with Gasteiger partial charge in [0.1, 0.15) is 0 Å². The maximum Gasteiger partial charge on any atom is 0.166 e. The molecule has 0 aliphatic rings. The summed E-state index contributed by atoms with van der Waals surface area (Å²) in [6, 6.07) is 0. The Morgan fingerprint density at radius 2 is 2.24 bits per heavy atom. The molecule has 0 aliphatic heterocycles. The third-order valence-electron chi connectivity index (χ3n) is 2.28. The van der Waals surface area contributed by atoms with E-state index in [0.29, 0.717) is 17.6 Å². The molecule has 6 heteroatoms. The third kappa shape index (κ3) is 4.63. The Morgan fingerprint density at radius 1 is 1.53 bits per heavy atom. The number of hydrogen-bond acceptors (Lipinski definition) is 2. The van der Waals surface area contributed by atoms with Crippen LogP contribution in [-0.4, -0.2) is 21.4 Å². The van der Waals surface area contributed by atoms with Crippen molar-refractivity contribution in [1.29, 1.82) is 0 Å². The lowest BCUT2D eigenvalue weighted by atomic mass is 10.2. The van der Waals surface area contributed by atoms with Crippen LogP contribution in [-0.2, 0) is 13.1 Å². The summed E-state index contributed by atoms with van der Waals surface area (Å²) in [5, 5.41) is 11.3. The summed E-state index contributed by atoms with van der Waals surface area (Å²) in [7, 11) is 0. The summed E-state index contributed by atoms with van der Waals surface area (Å²) in [6.45, 7) is 8.79. The molecule has 4 nitrogen and oxygen atoms in total. The van der Waals surface area contributed by atoms with Gasteiger partial charge in [-0.05, 0) is 41.0 Å². The number of aromatic nitrogens is 2. The van der Waals surface area contributed by atoms with Gasteiger partial charge < -0.3 is 10.6 Å². The van der Waals surface area contributed by atoms with E-state index in [1.165, 1.54) is 0 Å². The molecule has 96 valence electrons. The third-order valence-corrected chi connectivity index (χ3v) is 3.24. The number of rotatable bonds is 5. The van der Waals surface area contributed by atoms with Crippen molar-refractivity contribution < 1.29 is 0 Å². The topological polar surface area (TPSA) is 41.9 Å². The molecule has 0 atom stereocenters. The van der Waals surface area contributed by atoms with Crippen molar-refractivity contribution in [2.45, 2.75) is 33.9 Å². The molecule has 0 spiro atoms. The van der Waals surface area contributed by atoms with Crippen LogP contribution in [0.5, 0.6) is 0 Å². The van der Waals surface area contributed by atoms with E-state index in [2.05, 4.69) is 52.4 Å². The summed E-state index contributed by atoms with van der Waals surface area (Å²) in [5.41, 5.74) is 1.11. The standard InChI is InChI=1S/C11H19BrN4S/c1-4-16-10(9(12)6-15-16)7-14-11(17)13-5-8(2)3/h6,8H,4-5,7H2,1-3H3,(H2,13,14,17). The van der Waals surface area contributed by atoms with Crippen LogP contribution in [0, 0.1) is 5.92 Å². The lowest BCUT2D eigenvalue weighted by molar-refractivity contribution is 0.600. The van der Waals surface area contributed by atoms with Gasteiger partial charge in [0.25, 0.3) is 0 Å². The molecule has 1 rings (SSSR count). The minimum atomic E-state index is 0.586. The second kappa shape index (κ2) is 6.96. The van der Waals surface area contributed by atoms with Crippen molar-refractivity contribution in [2.75, 3.05) is 6.54 Å². The molecule has 0 bridgehead atoms. The van der Waals surface area contributed by atoms with Gasteiger partial charge in [0.2, 0.25) is 0 Å². The van der Waals surface area contributed by atoms with Gasteiger partial charge in [0.15, 0.2) is 5.11 Å². The quantitative estimate of drug-likeness (QED) is 0.817. The summed E-state index contributed by atoms with van der Waals surface area (Å²) < 4.78 is 2.96. The average Bonchev–Trinajstić information content (AvgIpc) is 2.64. The average molecular weight is 319 g/mol. The maximum atomic E-state index is 5.20. The van der Waals surface area contributed by atoms with E-state index in [9.17, 15) is 0 Å². The summed E-state index contributed by atoms with van der Waals surface area (Å²) in [4.78, 5) is 0. The number of nitrogens with one attached hydrogen (secondary N) is 2. The lowest BCUT2D eigenvalue weighted by Gasteiger charge is -2.13. The van der Waals surface area contributed by atoms with Crippen molar-refractivity contribution in [2.24, 2.45) is 5.92 Å². The van der Waals surface area contributed by atoms with Crippen molar-refractivity contribution in [1.82, 2.24) is 20.4 Å². The fraction of sp³-hybridized carbons (Fsp3) is 0.636. The van der Waals surface area contributed by atoms with Crippen LogP contribution < -0.4 is 10.6 Å². The highest BCUT2D eigenvalue weighted by atomic mass is 79.9. The van der Waals surface area contributed by atoms with E-state index < -0.39 is 0 Å². The zero-order valence-corrected chi connectivity index (χ0v) is 12.9. The molecule has 2 N–H and O–H groups in total. The van der Waals surface area contributed by atoms with Crippen LogP contribution in [0.1, 0.15) is 26.5 Å². The van der Waals surface area contributed by atoms with Crippen LogP contribution in [0.2, 0.25) is 0 Å². The van der Waals surface area contributed by atoms with E-state index in [4.69, 9.17) is 12.2 Å². The molecular weight excluding hydrogens is 300 g/mol. The molecule has 0 aliphatic carbocycles. The molecule has 0 amide bonds. The van der Waals surface area contributed by atoms with Gasteiger partial charge in [-0.15, -0.1) is 0 Å². The maximum absolute atomic E-state index is 5.20. The first-order chi connectivity index (χ1) is 8.04. The molecule has 1 aromatic heterocycles. The number of aryl methyl sites for hydroxylation is 1. The van der Waals surface area contributed by atoms with Gasteiger partial charge in [-0.25, -0.2) is 0 Å². The van der Waals surface area contributed by atoms with Crippen LogP contribution >= 0.6 is 28.1 Å². The van der Waals surface area contributed by atoms with E-state index in [1.807, 2.05) is 10.9 Å². The highest BCUT2D eigenvalue weighted by molar-refractivity contribution is 9.10. The first kappa shape index (κ1) is 14.4. The van der Waals surface area contributed by atoms with Crippen LogP contribution in [0.25, 0.3) is 0 Å². The van der Waals surface area contributed by atoms with Gasteiger partial charge >= 0.3 is 0 Å². The number of nitrogens with zero attached hydrogens (tertiary/aromatic N) is 2. The lowest BCUT2D eigenvalue weighted by Crippen LogP contribution is -2.37. The monoisotopic (exact) mass is 318 g/mol. The smallest absolute Gasteiger partial charge is 0.166 e. The molecule has 0 saturated heterocycles. The second-order valence-corrected chi connectivity index (χ2v) is 5.47. The Morgan fingerprint density at radius 3 is 2.82 bits per heavy atom. The molecule has 0 fully saturated rings. The first-order valence-electron chi connectivity index (χ1n) is 5.76. The molecule has 0 unspecified atom stereocenters. The summed E-state index contributed by atoms with van der Waals surface area (Å²) >= 11 is 8.68. The van der Waals surface area contributed by atoms with Crippen molar-refractivity contribution in [3.63, 3.8) is 0 Å². The van der Waals surface area contributed by atoms with E-state index >= 15 is 0 Å². The zero-order valence-electron chi connectivity index (χ0n) is 10.5. The number of halogens is 1. The second-order valence-electron chi connectivity index (χ2n) is 4.21. The van der Waals surface area contributed by atoms with Crippen molar-refractivity contribution >= 4 is 33.3 Å². The summed E-state index contributed by atoms with van der Waals surface area (Å²) in [6.07, 6.45) is 1.81. The fourth-order valence-corrected chi connectivity index (χ4v) is 1.95. The van der Waals surface area contributed by atoms with Gasteiger partial charge in [-0.1, -0.05) is 13.8 Å². The largest absolute Gasteiger partial charge is 0.362 e. The minimum Gasteiger partial charge on any atom is -0.362 e. The van der Waals surface area contributed by atoms with E-state index in [1.54, 1.807) is 0 Å². The Kier molecular flexibility index (Phi) is 5.91. The van der Waals surface area contributed by atoms with Crippen LogP contribution in [0.3, 0.4) is 0 Å². The highest BCUT2D eigenvalue weighted by Crippen LogP contribution is 2.15. The Hall–Kier alpha value is -0.620. The van der Waals surface area contributed by atoms with Crippen molar-refractivity contribution in [3.8, 4) is 0 Å². The predicted octanol–water partition coefficient (Wildman–Crippen LogP) is 2.29. The predicted molar refractivity (Wildman–Crippen MR) is 77.9 cm³/mol. The Balaban J connectivity index is 2.44. The highest BCUT2D eigenvalue weighted by Gasteiger charge is 2.07. The van der Waals surface area contributed by atoms with Crippen LogP contribution in [0.15, 0.2) is 10.7 Å². The van der Waals surface area contributed by atoms with Gasteiger partial charge in [0.05, 0.1) is 22.9 Å². The van der Waals surface area contributed by atoms with E-state index in [-0.39, 0.29) is 0 Å². The molecule has 0 saturated carbocycles. The van der Waals surface area contributed by atoms with Crippen molar-refractivity contribution in [3.05, 3.63) is 16.4 Å². The Bertz CT molecular complexity index is 376. The number of thiocarbonyl (C=S) groups is 1. The molecule has 1 aromatic rings. The van der Waals surface area contributed by atoms with Crippen LogP contribution in [0.4, 0.5) is 0 Å². The van der Waals surface area contributed by atoms with Gasteiger partial charge in [-0.3, -0.25) is 4.68 Å². The molecule has 0 aromatic carbocycles. The SMILES string of the molecule is CCn1ncc(Br)c1CNC(=S)NCC(C)C. The molecule has 1 heterocycles. The fourth-order valence-electron chi connectivity index (χ4n) is 1.36. The Labute approximate surface area is 116 Å². The summed E-state index contributed by atoms with van der Waals surface area (Å²) in [5.74, 6) is 0.586. The number of hydrogen-bond donors (Lipinski definition) is 2. The van der Waals surface area contributed by atoms with Gasteiger partial charge in [-0.2, -0.15) is 5.10 Å². The molecule has 17 heavy (non-hydrogen) atoms. The molecular formula is C11H19BrN4S. The first-order valence-corrected chi connectivity index (χ1v) is 6.96. The minimum absolute atomic E-state index is 0.586. The zero-order chi connectivity index (χ0) is 12.8. The van der Waals surface area contributed by atoms with Gasteiger partial charge in [0, 0.05) is 13.1 Å².